The molecule has 0 aliphatic carbocycles. The summed E-state index contributed by atoms with van der Waals surface area (Å²) in [5.74, 6) is 0. The molecule has 0 saturated heterocycles. The molecule has 5 heteroatoms. The van der Waals surface area contributed by atoms with Crippen LogP contribution in [0.2, 0.25) is 0 Å². The lowest BCUT2D eigenvalue weighted by Crippen LogP contribution is -2.43. The van der Waals surface area contributed by atoms with Crippen molar-refractivity contribution in [1.29, 1.82) is 0 Å². The van der Waals surface area contributed by atoms with E-state index in [0.717, 1.165) is 5.56 Å². The lowest BCUT2D eigenvalue weighted by Gasteiger charge is -2.25. The van der Waals surface area contributed by atoms with E-state index >= 15 is 0 Å². The first kappa shape index (κ1) is 14.2. The summed E-state index contributed by atoms with van der Waals surface area (Å²) in [5.41, 5.74) is 0.358. The van der Waals surface area contributed by atoms with Crippen molar-refractivity contribution < 1.29 is 13.5 Å². The second-order valence-electron chi connectivity index (χ2n) is 4.78. The molecule has 0 aliphatic rings. The minimum atomic E-state index is -3.52. The molecule has 0 aliphatic heterocycles. The third-order valence-corrected chi connectivity index (χ3v) is 4.19. The minimum Gasteiger partial charge on any atom is -0.396 e. The van der Waals surface area contributed by atoms with Gasteiger partial charge in [-0.25, -0.2) is 13.1 Å². The van der Waals surface area contributed by atoms with Gasteiger partial charge < -0.3 is 5.11 Å². The number of aliphatic hydroxyl groups is 1. The van der Waals surface area contributed by atoms with E-state index in [0.29, 0.717) is 6.42 Å². The fourth-order valence-corrected chi connectivity index (χ4v) is 2.91. The minimum absolute atomic E-state index is 0.0522. The van der Waals surface area contributed by atoms with Crippen LogP contribution in [0.15, 0.2) is 29.2 Å². The molecule has 0 amide bonds. The second-order valence-corrected chi connectivity index (χ2v) is 6.46. The Morgan fingerprint density at radius 1 is 1.24 bits per heavy atom. The van der Waals surface area contributed by atoms with Crippen LogP contribution in [0, 0.1) is 6.92 Å². The molecular weight excluding hydrogens is 238 g/mol. The van der Waals surface area contributed by atoms with Crippen molar-refractivity contribution in [3.8, 4) is 0 Å². The Bertz CT molecular complexity index is 463. The zero-order valence-corrected chi connectivity index (χ0v) is 11.2. The molecule has 0 radical (unpaired) electrons. The largest absolute Gasteiger partial charge is 0.396 e. The summed E-state index contributed by atoms with van der Waals surface area (Å²) >= 11 is 0. The molecular formula is C12H19NO3S. The fraction of sp³-hybridized carbons (Fsp3) is 0.500. The molecule has 1 rings (SSSR count). The van der Waals surface area contributed by atoms with Crippen molar-refractivity contribution in [2.75, 3.05) is 6.61 Å². The normalized spacial score (nSPS) is 12.7. The predicted octanol–water partition coefficient (Wildman–Crippen LogP) is 1.43. The Kier molecular flexibility index (Phi) is 4.30. The zero-order chi connectivity index (χ0) is 13.1. The van der Waals surface area contributed by atoms with Crippen LogP contribution in [0.1, 0.15) is 25.8 Å². The van der Waals surface area contributed by atoms with Crippen molar-refractivity contribution in [2.24, 2.45) is 0 Å². The molecule has 0 fully saturated rings. The van der Waals surface area contributed by atoms with Crippen LogP contribution < -0.4 is 4.72 Å². The molecule has 0 aromatic heterocycles. The topological polar surface area (TPSA) is 66.4 Å². The summed E-state index contributed by atoms with van der Waals surface area (Å²) in [6.07, 6.45) is 0.373. The van der Waals surface area contributed by atoms with Crippen LogP contribution in [0.25, 0.3) is 0 Å². The Balaban J connectivity index is 2.93. The predicted molar refractivity (Wildman–Crippen MR) is 67.3 cm³/mol. The van der Waals surface area contributed by atoms with Gasteiger partial charge in [-0.05, 0) is 39.3 Å². The maximum atomic E-state index is 12.0. The average Bonchev–Trinajstić information content (AvgIpc) is 2.16. The molecule has 1 aromatic carbocycles. The van der Waals surface area contributed by atoms with Crippen LogP contribution in [-0.2, 0) is 10.0 Å². The van der Waals surface area contributed by atoms with Gasteiger partial charge in [-0.1, -0.05) is 17.7 Å². The quantitative estimate of drug-likeness (QED) is 0.838. The summed E-state index contributed by atoms with van der Waals surface area (Å²) < 4.78 is 26.7. The van der Waals surface area contributed by atoms with Gasteiger partial charge in [0.05, 0.1) is 4.90 Å². The molecule has 0 heterocycles. The van der Waals surface area contributed by atoms with Gasteiger partial charge in [0.1, 0.15) is 0 Å². The summed E-state index contributed by atoms with van der Waals surface area (Å²) in [6, 6.07) is 6.67. The number of sulfonamides is 1. The number of aliphatic hydroxyl groups excluding tert-OH is 1. The highest BCUT2D eigenvalue weighted by Crippen LogP contribution is 2.15. The first-order valence-electron chi connectivity index (χ1n) is 5.48. The van der Waals surface area contributed by atoms with Crippen molar-refractivity contribution in [3.05, 3.63) is 29.8 Å². The standard InChI is InChI=1S/C12H19NO3S/c1-10-4-6-11(7-5-10)17(15,16)13-12(2,3)8-9-14/h4-7,13-14H,8-9H2,1-3H3. The lowest BCUT2D eigenvalue weighted by molar-refractivity contribution is 0.246. The van der Waals surface area contributed by atoms with Crippen LogP contribution in [0.3, 0.4) is 0 Å². The van der Waals surface area contributed by atoms with Crippen molar-refractivity contribution in [1.82, 2.24) is 4.72 Å². The van der Waals surface area contributed by atoms with E-state index < -0.39 is 15.6 Å². The molecule has 0 atom stereocenters. The second kappa shape index (κ2) is 5.16. The van der Waals surface area contributed by atoms with Gasteiger partial charge in [0.2, 0.25) is 10.0 Å². The van der Waals surface area contributed by atoms with Gasteiger partial charge >= 0.3 is 0 Å². The molecule has 17 heavy (non-hydrogen) atoms. The molecule has 2 N–H and O–H groups in total. The Morgan fingerprint density at radius 3 is 2.24 bits per heavy atom. The summed E-state index contributed by atoms with van der Waals surface area (Å²) in [6.45, 7) is 5.34. The van der Waals surface area contributed by atoms with Crippen LogP contribution in [0.4, 0.5) is 0 Å². The van der Waals surface area contributed by atoms with Crippen LogP contribution in [0.5, 0.6) is 0 Å². The van der Waals surface area contributed by atoms with E-state index in [4.69, 9.17) is 5.11 Å². The highest BCUT2D eigenvalue weighted by Gasteiger charge is 2.25. The van der Waals surface area contributed by atoms with Gasteiger partial charge in [0.25, 0.3) is 0 Å². The molecule has 0 spiro atoms. The maximum absolute atomic E-state index is 12.0. The Hall–Kier alpha value is -0.910. The van der Waals surface area contributed by atoms with E-state index in [9.17, 15) is 8.42 Å². The monoisotopic (exact) mass is 257 g/mol. The number of nitrogens with one attached hydrogen (secondary N) is 1. The average molecular weight is 257 g/mol. The summed E-state index contributed by atoms with van der Waals surface area (Å²) in [7, 11) is -3.52. The number of rotatable bonds is 5. The fourth-order valence-electron chi connectivity index (χ4n) is 1.47. The highest BCUT2D eigenvalue weighted by molar-refractivity contribution is 7.89. The number of hydrogen-bond acceptors (Lipinski definition) is 3. The number of benzene rings is 1. The third kappa shape index (κ3) is 4.11. The zero-order valence-electron chi connectivity index (χ0n) is 10.4. The van der Waals surface area contributed by atoms with E-state index in [1.165, 1.54) is 0 Å². The molecule has 0 bridgehead atoms. The molecule has 1 aromatic rings. The molecule has 96 valence electrons. The highest BCUT2D eigenvalue weighted by atomic mass is 32.2. The van der Waals surface area contributed by atoms with E-state index in [1.807, 2.05) is 6.92 Å². The van der Waals surface area contributed by atoms with E-state index in [1.54, 1.807) is 38.1 Å². The first-order chi connectivity index (χ1) is 7.77. The van der Waals surface area contributed by atoms with Crippen molar-refractivity contribution in [3.63, 3.8) is 0 Å². The smallest absolute Gasteiger partial charge is 0.241 e. The molecule has 0 unspecified atom stereocenters. The van der Waals surface area contributed by atoms with Crippen LogP contribution in [-0.4, -0.2) is 25.7 Å². The number of aryl methyl sites for hydroxylation is 1. The first-order valence-corrected chi connectivity index (χ1v) is 6.97. The van der Waals surface area contributed by atoms with Gasteiger partial charge in [-0.2, -0.15) is 0 Å². The number of hydrogen-bond donors (Lipinski definition) is 2. The van der Waals surface area contributed by atoms with E-state index in [2.05, 4.69) is 4.72 Å². The van der Waals surface area contributed by atoms with Gasteiger partial charge in [0.15, 0.2) is 0 Å². The van der Waals surface area contributed by atoms with Gasteiger partial charge in [-0.15, -0.1) is 0 Å². The lowest BCUT2D eigenvalue weighted by atomic mass is 10.0. The van der Waals surface area contributed by atoms with Crippen molar-refractivity contribution in [2.45, 2.75) is 37.6 Å². The SMILES string of the molecule is Cc1ccc(S(=O)(=O)NC(C)(C)CCO)cc1. The summed E-state index contributed by atoms with van der Waals surface area (Å²) in [4.78, 5) is 0.245. The third-order valence-electron chi connectivity index (χ3n) is 2.48. The molecule has 0 saturated carbocycles. The Morgan fingerprint density at radius 2 is 1.76 bits per heavy atom. The Labute approximate surface area is 103 Å². The summed E-state index contributed by atoms with van der Waals surface area (Å²) in [5, 5.41) is 8.87. The van der Waals surface area contributed by atoms with E-state index in [-0.39, 0.29) is 11.5 Å². The van der Waals surface area contributed by atoms with Crippen LogP contribution >= 0.6 is 0 Å². The van der Waals surface area contributed by atoms with Gasteiger partial charge in [0, 0.05) is 12.1 Å². The molecule has 4 nitrogen and oxygen atoms in total. The van der Waals surface area contributed by atoms with Gasteiger partial charge in [-0.3, -0.25) is 0 Å². The van der Waals surface area contributed by atoms with Crippen molar-refractivity contribution >= 4 is 10.0 Å². The maximum Gasteiger partial charge on any atom is 0.241 e.